The van der Waals surface area contributed by atoms with Gasteiger partial charge in [0.1, 0.15) is 17.7 Å². The van der Waals surface area contributed by atoms with Crippen molar-refractivity contribution in [2.45, 2.75) is 31.6 Å². The fourth-order valence-electron chi connectivity index (χ4n) is 2.17. The van der Waals surface area contributed by atoms with Crippen molar-refractivity contribution in [3.8, 4) is 5.75 Å². The first-order valence-electron chi connectivity index (χ1n) is 6.59. The van der Waals surface area contributed by atoms with Crippen LogP contribution in [-0.4, -0.2) is 31.8 Å². The molecule has 1 aliphatic rings. The average Bonchev–Trinajstić information content (AvgIpc) is 2.94. The number of amides is 1. The molecule has 0 aromatic heterocycles. The standard InChI is InChI=1S/C14H19FN2O3/c1-19-10-3-2-9(12(15)6-10)8-17-14(18)13-5-4-11(7-16)20-13/h2-3,6,11,13H,4-5,7-8,16H2,1H3,(H,17,18)/t11-,13+/m1/s1. The van der Waals surface area contributed by atoms with Crippen molar-refractivity contribution in [3.05, 3.63) is 29.6 Å². The van der Waals surface area contributed by atoms with E-state index in [9.17, 15) is 9.18 Å². The molecule has 5 nitrogen and oxygen atoms in total. The number of hydrogen-bond donors (Lipinski definition) is 2. The minimum absolute atomic E-state index is 0.0523. The Morgan fingerprint density at radius 1 is 1.55 bits per heavy atom. The van der Waals surface area contributed by atoms with Crippen LogP contribution >= 0.6 is 0 Å². The van der Waals surface area contributed by atoms with E-state index in [0.29, 0.717) is 24.3 Å². The van der Waals surface area contributed by atoms with Gasteiger partial charge in [-0.15, -0.1) is 0 Å². The van der Waals surface area contributed by atoms with E-state index in [2.05, 4.69) is 5.32 Å². The highest BCUT2D eigenvalue weighted by Crippen LogP contribution is 2.19. The number of nitrogens with one attached hydrogen (secondary N) is 1. The summed E-state index contributed by atoms with van der Waals surface area (Å²) in [7, 11) is 1.47. The van der Waals surface area contributed by atoms with E-state index in [0.717, 1.165) is 6.42 Å². The lowest BCUT2D eigenvalue weighted by Crippen LogP contribution is -2.35. The largest absolute Gasteiger partial charge is 0.497 e. The first-order chi connectivity index (χ1) is 9.63. The van der Waals surface area contributed by atoms with Crippen LogP contribution in [-0.2, 0) is 16.1 Å². The molecular formula is C14H19FN2O3. The van der Waals surface area contributed by atoms with Crippen LogP contribution < -0.4 is 15.8 Å². The zero-order valence-electron chi connectivity index (χ0n) is 11.4. The maximum absolute atomic E-state index is 13.7. The predicted molar refractivity (Wildman–Crippen MR) is 71.7 cm³/mol. The SMILES string of the molecule is COc1ccc(CNC(=O)[C@@H]2CC[C@H](CN)O2)c(F)c1. The van der Waals surface area contributed by atoms with Crippen LogP contribution in [0.25, 0.3) is 0 Å². The second-order valence-electron chi connectivity index (χ2n) is 4.73. The number of hydrogen-bond acceptors (Lipinski definition) is 4. The number of rotatable bonds is 5. The highest BCUT2D eigenvalue weighted by atomic mass is 19.1. The smallest absolute Gasteiger partial charge is 0.249 e. The van der Waals surface area contributed by atoms with Gasteiger partial charge >= 0.3 is 0 Å². The second kappa shape index (κ2) is 6.67. The lowest BCUT2D eigenvalue weighted by Gasteiger charge is -2.13. The average molecular weight is 282 g/mol. The third kappa shape index (κ3) is 3.46. The molecule has 0 bridgehead atoms. The van der Waals surface area contributed by atoms with Crippen LogP contribution in [0.1, 0.15) is 18.4 Å². The van der Waals surface area contributed by atoms with E-state index in [1.54, 1.807) is 12.1 Å². The van der Waals surface area contributed by atoms with Crippen molar-refractivity contribution in [2.75, 3.05) is 13.7 Å². The summed E-state index contributed by atoms with van der Waals surface area (Å²) in [4.78, 5) is 11.9. The van der Waals surface area contributed by atoms with Crippen LogP contribution in [0, 0.1) is 5.82 Å². The van der Waals surface area contributed by atoms with Crippen LogP contribution in [0.5, 0.6) is 5.75 Å². The molecule has 110 valence electrons. The van der Waals surface area contributed by atoms with E-state index in [4.69, 9.17) is 15.2 Å². The normalized spacial score (nSPS) is 21.8. The first-order valence-corrected chi connectivity index (χ1v) is 6.59. The van der Waals surface area contributed by atoms with Gasteiger partial charge in [0.25, 0.3) is 0 Å². The zero-order chi connectivity index (χ0) is 14.5. The van der Waals surface area contributed by atoms with Gasteiger partial charge in [0, 0.05) is 24.7 Å². The van der Waals surface area contributed by atoms with E-state index in [-0.39, 0.29) is 18.6 Å². The Morgan fingerprint density at radius 2 is 2.35 bits per heavy atom. The Kier molecular flexibility index (Phi) is 4.92. The van der Waals surface area contributed by atoms with Crippen molar-refractivity contribution in [1.82, 2.24) is 5.32 Å². The quantitative estimate of drug-likeness (QED) is 0.843. The summed E-state index contributed by atoms with van der Waals surface area (Å²) in [5, 5.41) is 2.68. The minimum atomic E-state index is -0.482. The van der Waals surface area contributed by atoms with E-state index < -0.39 is 11.9 Å². The maximum atomic E-state index is 13.7. The van der Waals surface area contributed by atoms with Crippen molar-refractivity contribution < 1.29 is 18.7 Å². The molecule has 2 rings (SSSR count). The van der Waals surface area contributed by atoms with Crippen molar-refractivity contribution >= 4 is 5.91 Å². The third-order valence-electron chi connectivity index (χ3n) is 3.38. The molecule has 0 saturated carbocycles. The van der Waals surface area contributed by atoms with Crippen LogP contribution in [0.3, 0.4) is 0 Å². The summed E-state index contributed by atoms with van der Waals surface area (Å²) < 4.78 is 24.1. The predicted octanol–water partition coefficient (Wildman–Crippen LogP) is 0.957. The van der Waals surface area contributed by atoms with Crippen molar-refractivity contribution in [1.29, 1.82) is 0 Å². The number of carbonyl (C=O) groups excluding carboxylic acids is 1. The van der Waals surface area contributed by atoms with Gasteiger partial charge < -0.3 is 20.5 Å². The summed E-state index contributed by atoms with van der Waals surface area (Å²) in [5.74, 6) is -0.185. The number of carbonyl (C=O) groups is 1. The Balaban J connectivity index is 1.87. The lowest BCUT2D eigenvalue weighted by atomic mass is 10.1. The van der Waals surface area contributed by atoms with E-state index >= 15 is 0 Å². The van der Waals surface area contributed by atoms with Gasteiger partial charge in [-0.1, -0.05) is 6.07 Å². The van der Waals surface area contributed by atoms with Gasteiger partial charge in [0.15, 0.2) is 0 Å². The highest BCUT2D eigenvalue weighted by Gasteiger charge is 2.29. The van der Waals surface area contributed by atoms with Gasteiger partial charge in [-0.2, -0.15) is 0 Å². The van der Waals surface area contributed by atoms with Gasteiger partial charge in [-0.3, -0.25) is 4.79 Å². The number of halogens is 1. The Labute approximate surface area is 117 Å². The number of benzene rings is 1. The molecule has 0 unspecified atom stereocenters. The molecule has 1 aromatic carbocycles. The van der Waals surface area contributed by atoms with E-state index in [1.807, 2.05) is 0 Å². The molecule has 0 spiro atoms. The monoisotopic (exact) mass is 282 g/mol. The zero-order valence-corrected chi connectivity index (χ0v) is 11.4. The summed E-state index contributed by atoms with van der Waals surface area (Å²) in [6.07, 6.45) is 0.901. The molecule has 1 amide bonds. The molecule has 1 fully saturated rings. The Bertz CT molecular complexity index is 481. The highest BCUT2D eigenvalue weighted by molar-refractivity contribution is 5.81. The first kappa shape index (κ1) is 14.7. The van der Waals surface area contributed by atoms with Crippen LogP contribution in [0.4, 0.5) is 4.39 Å². The Morgan fingerprint density at radius 3 is 2.95 bits per heavy atom. The van der Waals surface area contributed by atoms with Crippen LogP contribution in [0.2, 0.25) is 0 Å². The number of nitrogens with two attached hydrogens (primary N) is 1. The molecule has 1 aliphatic heterocycles. The molecule has 1 heterocycles. The molecule has 1 aromatic rings. The molecule has 0 aliphatic carbocycles. The number of ether oxygens (including phenoxy) is 2. The van der Waals surface area contributed by atoms with Crippen LogP contribution in [0.15, 0.2) is 18.2 Å². The third-order valence-corrected chi connectivity index (χ3v) is 3.38. The van der Waals surface area contributed by atoms with Gasteiger partial charge in [-0.25, -0.2) is 4.39 Å². The fourth-order valence-corrected chi connectivity index (χ4v) is 2.17. The molecule has 1 saturated heterocycles. The molecule has 6 heteroatoms. The van der Waals surface area contributed by atoms with Gasteiger partial charge in [0.2, 0.25) is 5.91 Å². The maximum Gasteiger partial charge on any atom is 0.249 e. The lowest BCUT2D eigenvalue weighted by molar-refractivity contribution is -0.132. The Hall–Kier alpha value is -1.66. The molecule has 3 N–H and O–H groups in total. The van der Waals surface area contributed by atoms with E-state index in [1.165, 1.54) is 13.2 Å². The molecule has 20 heavy (non-hydrogen) atoms. The summed E-state index contributed by atoms with van der Waals surface area (Å²) >= 11 is 0. The fraction of sp³-hybridized carbons (Fsp3) is 0.500. The van der Waals surface area contributed by atoms with Gasteiger partial charge in [0.05, 0.1) is 13.2 Å². The van der Waals surface area contributed by atoms with Crippen molar-refractivity contribution in [2.24, 2.45) is 5.73 Å². The summed E-state index contributed by atoms with van der Waals surface area (Å²) in [6.45, 7) is 0.540. The molecule has 2 atom stereocenters. The second-order valence-corrected chi connectivity index (χ2v) is 4.73. The summed E-state index contributed by atoms with van der Waals surface area (Å²) in [5.41, 5.74) is 5.90. The summed E-state index contributed by atoms with van der Waals surface area (Å²) in [6, 6.07) is 4.53. The minimum Gasteiger partial charge on any atom is -0.497 e. The molecular weight excluding hydrogens is 263 g/mol. The topological polar surface area (TPSA) is 73.6 Å². The molecule has 0 radical (unpaired) electrons. The van der Waals surface area contributed by atoms with Crippen molar-refractivity contribution in [3.63, 3.8) is 0 Å². The number of methoxy groups -OCH3 is 1. The van der Waals surface area contributed by atoms with Gasteiger partial charge in [-0.05, 0) is 18.9 Å².